The van der Waals surface area contributed by atoms with E-state index >= 15 is 0 Å². The Bertz CT molecular complexity index is 188. The first-order valence-corrected chi connectivity index (χ1v) is 5.36. The summed E-state index contributed by atoms with van der Waals surface area (Å²) in [5.41, 5.74) is 5.81. The smallest absolute Gasteiger partial charge is 0.236 e. The van der Waals surface area contributed by atoms with E-state index in [1.807, 2.05) is 6.92 Å². The van der Waals surface area contributed by atoms with Crippen LogP contribution in [0.3, 0.4) is 0 Å². The van der Waals surface area contributed by atoms with Gasteiger partial charge in [0.05, 0.1) is 6.04 Å². The Balaban J connectivity index is 2.27. The molecule has 0 aliphatic heterocycles. The number of nitrogens with one attached hydrogen (secondary N) is 2. The van der Waals surface area contributed by atoms with Gasteiger partial charge in [0, 0.05) is 19.1 Å². The van der Waals surface area contributed by atoms with Gasteiger partial charge in [-0.25, -0.2) is 0 Å². The Hall–Kier alpha value is -0.610. The monoisotopic (exact) mass is 199 g/mol. The van der Waals surface area contributed by atoms with Crippen molar-refractivity contribution in [3.8, 4) is 0 Å². The fraction of sp³-hybridized carbons (Fsp3) is 0.900. The maximum Gasteiger partial charge on any atom is 0.236 e. The first-order chi connectivity index (χ1) is 6.63. The first kappa shape index (κ1) is 11.5. The summed E-state index contributed by atoms with van der Waals surface area (Å²) in [6, 6.07) is 0.727. The van der Waals surface area contributed by atoms with Gasteiger partial charge in [-0.1, -0.05) is 0 Å². The van der Waals surface area contributed by atoms with Crippen LogP contribution in [0.5, 0.6) is 0 Å². The van der Waals surface area contributed by atoms with Crippen molar-refractivity contribution >= 4 is 5.91 Å². The third-order valence-electron chi connectivity index (χ3n) is 2.90. The lowest BCUT2D eigenvalue weighted by molar-refractivity contribution is -0.122. The maximum atomic E-state index is 11.3. The number of hydrogen-bond donors (Lipinski definition) is 3. The van der Waals surface area contributed by atoms with Crippen LogP contribution < -0.4 is 16.4 Å². The van der Waals surface area contributed by atoms with E-state index in [1.165, 1.54) is 0 Å². The van der Waals surface area contributed by atoms with Crippen molar-refractivity contribution in [3.63, 3.8) is 0 Å². The molecule has 1 amide bonds. The minimum Gasteiger partial charge on any atom is -0.358 e. The average Bonchev–Trinajstić information content (AvgIpc) is 2.20. The fourth-order valence-corrected chi connectivity index (χ4v) is 1.93. The Kier molecular flexibility index (Phi) is 4.35. The quantitative estimate of drug-likeness (QED) is 0.598. The molecule has 4 heteroatoms. The van der Waals surface area contributed by atoms with Gasteiger partial charge in [0.2, 0.25) is 5.91 Å². The summed E-state index contributed by atoms with van der Waals surface area (Å²) in [5.74, 6) is 0.0554. The van der Waals surface area contributed by atoms with Gasteiger partial charge < -0.3 is 16.4 Å². The van der Waals surface area contributed by atoms with Crippen LogP contribution in [0.4, 0.5) is 0 Å². The summed E-state index contributed by atoms with van der Waals surface area (Å²) in [6.45, 7) is 1.90. The lowest BCUT2D eigenvalue weighted by Gasteiger charge is -2.28. The van der Waals surface area contributed by atoms with Crippen LogP contribution in [0.25, 0.3) is 0 Å². The predicted octanol–water partition coefficient (Wildman–Crippen LogP) is -0.0196. The number of nitrogens with two attached hydrogens (primary N) is 1. The largest absolute Gasteiger partial charge is 0.358 e. The highest BCUT2D eigenvalue weighted by Gasteiger charge is 2.21. The van der Waals surface area contributed by atoms with Gasteiger partial charge >= 0.3 is 0 Å². The number of carbonyl (C=O) groups excluding carboxylic acids is 1. The molecule has 1 saturated carbocycles. The van der Waals surface area contributed by atoms with E-state index in [9.17, 15) is 4.79 Å². The van der Waals surface area contributed by atoms with E-state index in [0.29, 0.717) is 12.1 Å². The number of amides is 1. The van der Waals surface area contributed by atoms with Crippen molar-refractivity contribution in [2.75, 3.05) is 7.05 Å². The minimum atomic E-state index is -0.0978. The molecule has 0 aromatic rings. The molecule has 0 aromatic heterocycles. The van der Waals surface area contributed by atoms with Crippen molar-refractivity contribution in [1.29, 1.82) is 0 Å². The Morgan fingerprint density at radius 3 is 2.43 bits per heavy atom. The third kappa shape index (κ3) is 3.27. The number of carbonyl (C=O) groups is 1. The van der Waals surface area contributed by atoms with Crippen LogP contribution in [0.1, 0.15) is 32.6 Å². The van der Waals surface area contributed by atoms with Gasteiger partial charge in [-0.15, -0.1) is 0 Å². The van der Waals surface area contributed by atoms with E-state index in [2.05, 4.69) is 10.6 Å². The SMILES string of the molecule is CNC(=O)C(C)NC1CCC(N)CC1. The zero-order chi connectivity index (χ0) is 10.6. The van der Waals surface area contributed by atoms with E-state index in [4.69, 9.17) is 5.73 Å². The summed E-state index contributed by atoms with van der Waals surface area (Å²) in [6.07, 6.45) is 4.31. The molecule has 0 spiro atoms. The van der Waals surface area contributed by atoms with Crippen LogP contribution in [0, 0.1) is 0 Å². The van der Waals surface area contributed by atoms with Crippen molar-refractivity contribution in [2.45, 2.75) is 50.7 Å². The molecule has 0 heterocycles. The Morgan fingerprint density at radius 1 is 1.36 bits per heavy atom. The average molecular weight is 199 g/mol. The second kappa shape index (κ2) is 5.32. The molecule has 0 radical (unpaired) electrons. The zero-order valence-corrected chi connectivity index (χ0v) is 9.05. The number of likely N-dealkylation sites (N-methyl/N-ethyl adjacent to an activating group) is 1. The van der Waals surface area contributed by atoms with Gasteiger partial charge in [-0.2, -0.15) is 0 Å². The fourth-order valence-electron chi connectivity index (χ4n) is 1.93. The number of rotatable bonds is 3. The molecule has 0 bridgehead atoms. The molecule has 4 N–H and O–H groups in total. The second-order valence-corrected chi connectivity index (χ2v) is 4.11. The Labute approximate surface area is 85.6 Å². The van der Waals surface area contributed by atoms with Crippen molar-refractivity contribution in [1.82, 2.24) is 10.6 Å². The normalized spacial score (nSPS) is 29.6. The molecule has 0 aromatic carbocycles. The van der Waals surface area contributed by atoms with Crippen molar-refractivity contribution in [2.24, 2.45) is 5.73 Å². The van der Waals surface area contributed by atoms with E-state index in [-0.39, 0.29) is 11.9 Å². The molecule has 82 valence electrons. The molecule has 0 saturated heterocycles. The van der Waals surface area contributed by atoms with E-state index in [1.54, 1.807) is 7.05 Å². The molecule has 1 aliphatic carbocycles. The molecular formula is C10H21N3O. The van der Waals surface area contributed by atoms with E-state index in [0.717, 1.165) is 25.7 Å². The van der Waals surface area contributed by atoms with Crippen LogP contribution in [0.15, 0.2) is 0 Å². The summed E-state index contributed by atoms with van der Waals surface area (Å²) in [7, 11) is 1.66. The molecule has 1 rings (SSSR count). The molecule has 1 unspecified atom stereocenters. The predicted molar refractivity (Wildman–Crippen MR) is 56.9 cm³/mol. The highest BCUT2D eigenvalue weighted by molar-refractivity contribution is 5.80. The Morgan fingerprint density at radius 2 is 1.93 bits per heavy atom. The summed E-state index contributed by atoms with van der Waals surface area (Å²) in [5, 5.41) is 5.96. The lowest BCUT2D eigenvalue weighted by atomic mass is 9.91. The molecule has 1 fully saturated rings. The first-order valence-electron chi connectivity index (χ1n) is 5.36. The van der Waals surface area contributed by atoms with Gasteiger partial charge in [0.15, 0.2) is 0 Å². The van der Waals surface area contributed by atoms with Gasteiger partial charge in [0.25, 0.3) is 0 Å². The zero-order valence-electron chi connectivity index (χ0n) is 9.05. The summed E-state index contributed by atoms with van der Waals surface area (Å²) in [4.78, 5) is 11.3. The summed E-state index contributed by atoms with van der Waals surface area (Å²) >= 11 is 0. The molecule has 14 heavy (non-hydrogen) atoms. The summed E-state index contributed by atoms with van der Waals surface area (Å²) < 4.78 is 0. The van der Waals surface area contributed by atoms with Crippen LogP contribution >= 0.6 is 0 Å². The topological polar surface area (TPSA) is 67.2 Å². The lowest BCUT2D eigenvalue weighted by Crippen LogP contribution is -2.47. The van der Waals surface area contributed by atoms with Crippen molar-refractivity contribution in [3.05, 3.63) is 0 Å². The second-order valence-electron chi connectivity index (χ2n) is 4.11. The van der Waals surface area contributed by atoms with Crippen LogP contribution in [0.2, 0.25) is 0 Å². The highest BCUT2D eigenvalue weighted by atomic mass is 16.2. The molecular weight excluding hydrogens is 178 g/mol. The molecule has 1 atom stereocenters. The maximum absolute atomic E-state index is 11.3. The van der Waals surface area contributed by atoms with Crippen LogP contribution in [-0.2, 0) is 4.79 Å². The van der Waals surface area contributed by atoms with Crippen molar-refractivity contribution < 1.29 is 4.79 Å². The molecule has 4 nitrogen and oxygen atoms in total. The standard InChI is InChI=1S/C10H21N3O/c1-7(10(14)12-2)13-9-5-3-8(11)4-6-9/h7-9,13H,3-6,11H2,1-2H3,(H,12,14). The minimum absolute atomic E-state index is 0.0554. The van der Waals surface area contributed by atoms with Gasteiger partial charge in [-0.3, -0.25) is 4.79 Å². The van der Waals surface area contributed by atoms with Gasteiger partial charge in [0.1, 0.15) is 0 Å². The van der Waals surface area contributed by atoms with Gasteiger partial charge in [-0.05, 0) is 32.6 Å². The van der Waals surface area contributed by atoms with Crippen LogP contribution in [-0.4, -0.2) is 31.1 Å². The van der Waals surface area contributed by atoms with E-state index < -0.39 is 0 Å². The molecule has 1 aliphatic rings. The highest BCUT2D eigenvalue weighted by Crippen LogP contribution is 2.17. The third-order valence-corrected chi connectivity index (χ3v) is 2.90. The number of hydrogen-bond acceptors (Lipinski definition) is 3.